The van der Waals surface area contributed by atoms with E-state index in [0.717, 1.165) is 31.4 Å². The van der Waals surface area contributed by atoms with Crippen molar-refractivity contribution >= 4 is 39.3 Å². The van der Waals surface area contributed by atoms with Crippen LogP contribution < -0.4 is 5.73 Å². The molecule has 0 spiro atoms. The van der Waals surface area contributed by atoms with Crippen LogP contribution in [0.15, 0.2) is 50.9 Å². The van der Waals surface area contributed by atoms with E-state index in [1.807, 2.05) is 30.3 Å². The molecule has 0 aliphatic rings. The van der Waals surface area contributed by atoms with Gasteiger partial charge in [0.2, 0.25) is 0 Å². The van der Waals surface area contributed by atoms with Gasteiger partial charge in [0.1, 0.15) is 5.03 Å². The Bertz CT molecular complexity index is 548. The highest BCUT2D eigenvalue weighted by Gasteiger charge is 2.06. The molecule has 5 heteroatoms. The fraction of sp³-hybridized carbons (Fsp3) is 0.154. The van der Waals surface area contributed by atoms with Gasteiger partial charge in [0.15, 0.2) is 0 Å². The monoisotopic (exact) mass is 342 g/mol. The third kappa shape index (κ3) is 3.48. The number of hydrogen-bond donors (Lipinski definition) is 1. The van der Waals surface area contributed by atoms with Crippen LogP contribution in [0.25, 0.3) is 0 Å². The zero-order chi connectivity index (χ0) is 13.0. The lowest BCUT2D eigenvalue weighted by atomic mass is 10.1. The third-order valence-corrected chi connectivity index (χ3v) is 4.64. The van der Waals surface area contributed by atoms with Crippen molar-refractivity contribution in [2.75, 3.05) is 6.54 Å². The second kappa shape index (κ2) is 6.57. The number of aromatic nitrogens is 1. The summed E-state index contributed by atoms with van der Waals surface area (Å²) in [7, 11) is 0. The summed E-state index contributed by atoms with van der Waals surface area (Å²) in [5.74, 6) is 0. The maximum atomic E-state index is 6.21. The van der Waals surface area contributed by atoms with Crippen LogP contribution in [0.3, 0.4) is 0 Å². The van der Waals surface area contributed by atoms with Gasteiger partial charge in [0.25, 0.3) is 0 Å². The zero-order valence-electron chi connectivity index (χ0n) is 9.57. The van der Waals surface area contributed by atoms with Gasteiger partial charge in [-0.2, -0.15) is 0 Å². The Kier molecular flexibility index (Phi) is 5.06. The first-order valence-electron chi connectivity index (χ1n) is 5.47. The predicted molar refractivity (Wildman–Crippen MR) is 80.3 cm³/mol. The molecule has 1 aromatic carbocycles. The number of hydrogen-bond acceptors (Lipinski definition) is 3. The van der Waals surface area contributed by atoms with Gasteiger partial charge >= 0.3 is 0 Å². The largest absolute Gasteiger partial charge is 0.330 e. The highest BCUT2D eigenvalue weighted by Crippen LogP contribution is 2.33. The Morgan fingerprint density at radius 3 is 2.83 bits per heavy atom. The van der Waals surface area contributed by atoms with E-state index in [0.29, 0.717) is 6.54 Å². The summed E-state index contributed by atoms with van der Waals surface area (Å²) >= 11 is 11.3. The lowest BCUT2D eigenvalue weighted by Crippen LogP contribution is -2.02. The summed E-state index contributed by atoms with van der Waals surface area (Å²) in [4.78, 5) is 5.38. The lowest BCUT2D eigenvalue weighted by Gasteiger charge is -2.06. The van der Waals surface area contributed by atoms with Crippen LogP contribution in [-0.4, -0.2) is 11.5 Å². The molecule has 0 saturated carbocycles. The molecule has 2 aromatic rings. The van der Waals surface area contributed by atoms with Crippen LogP contribution >= 0.6 is 39.3 Å². The van der Waals surface area contributed by atoms with Crippen molar-refractivity contribution in [3.63, 3.8) is 0 Å². The summed E-state index contributed by atoms with van der Waals surface area (Å²) < 4.78 is 0.983. The van der Waals surface area contributed by atoms with E-state index >= 15 is 0 Å². The summed E-state index contributed by atoms with van der Waals surface area (Å²) in [5, 5.41) is 1.69. The number of benzene rings is 1. The number of rotatable bonds is 4. The fourth-order valence-corrected chi connectivity index (χ4v) is 3.16. The Morgan fingerprint density at radius 2 is 2.17 bits per heavy atom. The highest BCUT2D eigenvalue weighted by molar-refractivity contribution is 9.10. The smallest absolute Gasteiger partial charge is 0.115 e. The first kappa shape index (κ1) is 13.9. The van der Waals surface area contributed by atoms with E-state index < -0.39 is 0 Å². The molecule has 94 valence electrons. The number of nitrogens with two attached hydrogens (primary N) is 1. The lowest BCUT2D eigenvalue weighted by molar-refractivity contribution is 0.966. The van der Waals surface area contributed by atoms with Crippen LogP contribution in [0.4, 0.5) is 0 Å². The Morgan fingerprint density at radius 1 is 1.33 bits per heavy atom. The van der Waals surface area contributed by atoms with Crippen molar-refractivity contribution in [3.8, 4) is 0 Å². The van der Waals surface area contributed by atoms with Crippen molar-refractivity contribution in [3.05, 3.63) is 51.6 Å². The van der Waals surface area contributed by atoms with Gasteiger partial charge < -0.3 is 5.73 Å². The minimum absolute atomic E-state index is 0.609. The molecule has 0 aliphatic heterocycles. The molecule has 0 aliphatic carbocycles. The van der Waals surface area contributed by atoms with Gasteiger partial charge in [-0.25, -0.2) is 4.98 Å². The van der Waals surface area contributed by atoms with E-state index in [-0.39, 0.29) is 0 Å². The van der Waals surface area contributed by atoms with Crippen LogP contribution in [0.5, 0.6) is 0 Å². The van der Waals surface area contributed by atoms with Crippen molar-refractivity contribution in [1.29, 1.82) is 0 Å². The summed E-state index contributed by atoms with van der Waals surface area (Å²) in [6.45, 7) is 0.609. The molecule has 2 nitrogen and oxygen atoms in total. The third-order valence-electron chi connectivity index (χ3n) is 2.38. The molecule has 2 N–H and O–H groups in total. The van der Waals surface area contributed by atoms with Gasteiger partial charge in [-0.15, -0.1) is 0 Å². The van der Waals surface area contributed by atoms with Crippen molar-refractivity contribution in [2.24, 2.45) is 5.73 Å². The SMILES string of the molecule is NCCc1ccc(Sc2ncccc2Br)cc1Cl. The van der Waals surface area contributed by atoms with E-state index in [2.05, 4.69) is 20.9 Å². The Balaban J connectivity index is 2.20. The quantitative estimate of drug-likeness (QED) is 0.906. The van der Waals surface area contributed by atoms with Gasteiger partial charge in [-0.3, -0.25) is 0 Å². The molecule has 0 saturated heterocycles. The Hall–Kier alpha value is -0.550. The van der Waals surface area contributed by atoms with Crippen LogP contribution in [0.2, 0.25) is 5.02 Å². The van der Waals surface area contributed by atoms with Crippen LogP contribution in [-0.2, 0) is 6.42 Å². The fourth-order valence-electron chi connectivity index (χ4n) is 1.51. The molecule has 1 heterocycles. The average molecular weight is 344 g/mol. The molecular formula is C13H12BrClN2S. The molecule has 0 unspecified atom stereocenters. The normalized spacial score (nSPS) is 10.6. The number of pyridine rings is 1. The van der Waals surface area contributed by atoms with E-state index in [9.17, 15) is 0 Å². The molecule has 2 rings (SSSR count). The maximum Gasteiger partial charge on any atom is 0.115 e. The van der Waals surface area contributed by atoms with Crippen LogP contribution in [0.1, 0.15) is 5.56 Å². The summed E-state index contributed by atoms with van der Waals surface area (Å²) in [6.07, 6.45) is 2.58. The second-order valence-corrected chi connectivity index (χ2v) is 6.01. The second-order valence-electron chi connectivity index (χ2n) is 3.68. The summed E-state index contributed by atoms with van der Waals surface area (Å²) in [5.41, 5.74) is 6.62. The van der Waals surface area contributed by atoms with Crippen LogP contribution in [0, 0.1) is 0 Å². The van der Waals surface area contributed by atoms with Gasteiger partial charge in [-0.05, 0) is 58.7 Å². The standard InChI is InChI=1S/C13H12BrClN2S/c14-11-2-1-7-17-13(11)18-10-4-3-9(5-6-16)12(15)8-10/h1-4,7-8H,5-6,16H2. The molecule has 18 heavy (non-hydrogen) atoms. The molecular weight excluding hydrogens is 332 g/mol. The molecule has 0 bridgehead atoms. The van der Waals surface area contributed by atoms with Gasteiger partial charge in [0.05, 0.1) is 4.47 Å². The zero-order valence-corrected chi connectivity index (χ0v) is 12.7. The summed E-state index contributed by atoms with van der Waals surface area (Å²) in [6, 6.07) is 9.89. The molecule has 0 atom stereocenters. The minimum atomic E-state index is 0.609. The minimum Gasteiger partial charge on any atom is -0.330 e. The average Bonchev–Trinajstić information content (AvgIpc) is 2.36. The van der Waals surface area contributed by atoms with Crippen molar-refractivity contribution in [1.82, 2.24) is 4.98 Å². The highest BCUT2D eigenvalue weighted by atomic mass is 79.9. The van der Waals surface area contributed by atoms with E-state index in [1.165, 1.54) is 0 Å². The molecule has 0 radical (unpaired) electrons. The molecule has 1 aromatic heterocycles. The first-order chi connectivity index (χ1) is 8.70. The number of halogens is 2. The van der Waals surface area contributed by atoms with Crippen molar-refractivity contribution < 1.29 is 0 Å². The van der Waals surface area contributed by atoms with E-state index in [4.69, 9.17) is 17.3 Å². The number of nitrogens with zero attached hydrogens (tertiary/aromatic N) is 1. The molecule has 0 fully saturated rings. The Labute approximate surface area is 124 Å². The van der Waals surface area contributed by atoms with E-state index in [1.54, 1.807) is 18.0 Å². The van der Waals surface area contributed by atoms with Crippen molar-refractivity contribution in [2.45, 2.75) is 16.3 Å². The topological polar surface area (TPSA) is 38.9 Å². The molecule has 0 amide bonds. The first-order valence-corrected chi connectivity index (χ1v) is 7.46. The van der Waals surface area contributed by atoms with Gasteiger partial charge in [-0.1, -0.05) is 29.4 Å². The predicted octanol–water partition coefficient (Wildman–Crippen LogP) is 4.15. The maximum absolute atomic E-state index is 6.21. The van der Waals surface area contributed by atoms with Gasteiger partial charge in [0, 0.05) is 16.1 Å².